The summed E-state index contributed by atoms with van der Waals surface area (Å²) in [6.45, 7) is 3.33. The van der Waals surface area contributed by atoms with Crippen molar-refractivity contribution in [3.05, 3.63) is 23.5 Å². The maximum Gasteiger partial charge on any atom is 0.259 e. The summed E-state index contributed by atoms with van der Waals surface area (Å²) >= 11 is 0. The molecule has 0 aromatic heterocycles. The van der Waals surface area contributed by atoms with Crippen molar-refractivity contribution in [1.82, 2.24) is 5.32 Å². The van der Waals surface area contributed by atoms with Gasteiger partial charge in [0.15, 0.2) is 5.78 Å². The van der Waals surface area contributed by atoms with E-state index in [2.05, 4.69) is 12.2 Å². The average molecular weight is 276 g/mol. The van der Waals surface area contributed by atoms with Crippen molar-refractivity contribution in [1.29, 1.82) is 5.26 Å². The van der Waals surface area contributed by atoms with Gasteiger partial charge in [-0.1, -0.05) is 31.9 Å². The normalized spacial score (nSPS) is 20.1. The number of carbonyl (C=O) groups excluding carboxylic acids is 2. The zero-order valence-electron chi connectivity index (χ0n) is 11.8. The summed E-state index contributed by atoms with van der Waals surface area (Å²) in [7, 11) is 0. The Kier molecular flexibility index (Phi) is 5.98. The maximum absolute atomic E-state index is 11.6. The molecule has 20 heavy (non-hydrogen) atoms. The summed E-state index contributed by atoms with van der Waals surface area (Å²) < 4.78 is 0. The van der Waals surface area contributed by atoms with Crippen LogP contribution in [0.15, 0.2) is 23.5 Å². The molecule has 0 saturated carbocycles. The summed E-state index contributed by atoms with van der Waals surface area (Å²) in [5.74, 6) is -2.10. The molecule has 2 atom stereocenters. The number of unbranched alkanes of at least 4 members (excludes halogenated alkanes) is 3. The van der Waals surface area contributed by atoms with E-state index < -0.39 is 23.7 Å². The van der Waals surface area contributed by atoms with Crippen LogP contribution < -0.4 is 5.32 Å². The molecule has 2 unspecified atom stereocenters. The smallest absolute Gasteiger partial charge is 0.259 e. The van der Waals surface area contributed by atoms with E-state index in [1.54, 1.807) is 6.08 Å². The van der Waals surface area contributed by atoms with Crippen LogP contribution in [0.1, 0.15) is 39.5 Å². The highest BCUT2D eigenvalue weighted by molar-refractivity contribution is 6.20. The van der Waals surface area contributed by atoms with Gasteiger partial charge in [0.1, 0.15) is 17.4 Å². The maximum atomic E-state index is 11.6. The number of hydrogen-bond acceptors (Lipinski definition) is 4. The van der Waals surface area contributed by atoms with Crippen molar-refractivity contribution in [2.24, 2.45) is 5.92 Å². The molecule has 5 heteroatoms. The van der Waals surface area contributed by atoms with Gasteiger partial charge in [0.2, 0.25) is 0 Å². The Morgan fingerprint density at radius 3 is 2.75 bits per heavy atom. The Morgan fingerprint density at radius 1 is 1.55 bits per heavy atom. The fourth-order valence-electron chi connectivity index (χ4n) is 2.14. The van der Waals surface area contributed by atoms with Gasteiger partial charge in [0.05, 0.1) is 12.0 Å². The summed E-state index contributed by atoms with van der Waals surface area (Å²) in [5.41, 5.74) is -0.241. The SMILES string of the molecule is CCCCCC=CC(C#N)C1NC(=O)C(C(C)=O)=C1O. The van der Waals surface area contributed by atoms with Crippen molar-refractivity contribution in [2.45, 2.75) is 45.6 Å². The number of carbonyl (C=O) groups is 2. The number of aliphatic hydroxyl groups is 1. The van der Waals surface area contributed by atoms with Gasteiger partial charge >= 0.3 is 0 Å². The van der Waals surface area contributed by atoms with Crippen molar-refractivity contribution in [3.63, 3.8) is 0 Å². The molecule has 1 amide bonds. The van der Waals surface area contributed by atoms with E-state index in [0.717, 1.165) is 25.7 Å². The number of allylic oxidation sites excluding steroid dienone is 1. The highest BCUT2D eigenvalue weighted by Gasteiger charge is 2.37. The highest BCUT2D eigenvalue weighted by Crippen LogP contribution is 2.22. The number of nitrogens with zero attached hydrogens (tertiary/aromatic N) is 1. The molecule has 1 aliphatic heterocycles. The van der Waals surface area contributed by atoms with Crippen molar-refractivity contribution in [3.8, 4) is 6.07 Å². The number of ketones is 1. The van der Waals surface area contributed by atoms with E-state index in [0.29, 0.717) is 0 Å². The number of hydrogen-bond donors (Lipinski definition) is 2. The molecular formula is C15H20N2O3. The molecule has 0 saturated heterocycles. The fraction of sp³-hybridized carbons (Fsp3) is 0.533. The number of Topliss-reactive ketones (excluding diaryl/α,β-unsaturated/α-hetero) is 1. The molecule has 0 aromatic carbocycles. The van der Waals surface area contributed by atoms with Crippen molar-refractivity contribution < 1.29 is 14.7 Å². The van der Waals surface area contributed by atoms with E-state index in [-0.39, 0.29) is 11.3 Å². The molecule has 0 fully saturated rings. The van der Waals surface area contributed by atoms with Gasteiger partial charge in [-0.25, -0.2) is 0 Å². The fourth-order valence-corrected chi connectivity index (χ4v) is 2.14. The third-order valence-corrected chi connectivity index (χ3v) is 3.24. The van der Waals surface area contributed by atoms with Gasteiger partial charge in [-0.15, -0.1) is 0 Å². The third kappa shape index (κ3) is 3.70. The van der Waals surface area contributed by atoms with E-state index in [4.69, 9.17) is 5.26 Å². The van der Waals surface area contributed by atoms with Gasteiger partial charge in [0, 0.05) is 0 Å². The first-order valence-corrected chi connectivity index (χ1v) is 6.84. The van der Waals surface area contributed by atoms with Crippen molar-refractivity contribution >= 4 is 11.7 Å². The van der Waals surface area contributed by atoms with Crippen LogP contribution in [-0.2, 0) is 9.59 Å². The van der Waals surface area contributed by atoms with E-state index in [1.807, 2.05) is 12.1 Å². The Labute approximate surface area is 119 Å². The molecule has 0 aliphatic carbocycles. The number of nitrogens with one attached hydrogen (secondary N) is 1. The minimum atomic E-state index is -0.825. The Balaban J connectivity index is 2.75. The van der Waals surface area contributed by atoms with E-state index in [9.17, 15) is 14.7 Å². The van der Waals surface area contributed by atoms with Gasteiger partial charge in [-0.05, 0) is 19.8 Å². The number of nitriles is 1. The van der Waals surface area contributed by atoms with Crippen molar-refractivity contribution in [2.75, 3.05) is 0 Å². The molecule has 0 bridgehead atoms. The Morgan fingerprint density at radius 2 is 2.25 bits per heavy atom. The van der Waals surface area contributed by atoms with Crippen LogP contribution in [0.5, 0.6) is 0 Å². The van der Waals surface area contributed by atoms with E-state index in [1.165, 1.54) is 6.92 Å². The molecule has 0 radical (unpaired) electrons. The number of amides is 1. The van der Waals surface area contributed by atoms with Crippen LogP contribution in [-0.4, -0.2) is 22.8 Å². The van der Waals surface area contributed by atoms with Crippen LogP contribution in [0.3, 0.4) is 0 Å². The van der Waals surface area contributed by atoms with Gasteiger partial charge < -0.3 is 10.4 Å². The largest absolute Gasteiger partial charge is 0.509 e. The molecule has 0 aromatic rings. The second kappa shape index (κ2) is 7.49. The van der Waals surface area contributed by atoms with Gasteiger partial charge in [-0.3, -0.25) is 9.59 Å². The second-order valence-corrected chi connectivity index (χ2v) is 4.85. The number of rotatable bonds is 7. The minimum absolute atomic E-state index is 0.241. The molecule has 5 nitrogen and oxygen atoms in total. The molecule has 2 N–H and O–H groups in total. The minimum Gasteiger partial charge on any atom is -0.509 e. The quantitative estimate of drug-likeness (QED) is 0.423. The molecule has 108 valence electrons. The van der Waals surface area contributed by atoms with Crippen LogP contribution in [0.2, 0.25) is 0 Å². The van der Waals surface area contributed by atoms with Crippen LogP contribution in [0.4, 0.5) is 0 Å². The Hall–Kier alpha value is -2.09. The zero-order valence-corrected chi connectivity index (χ0v) is 11.8. The lowest BCUT2D eigenvalue weighted by Gasteiger charge is -2.13. The lowest BCUT2D eigenvalue weighted by atomic mass is 9.98. The molecule has 1 heterocycles. The highest BCUT2D eigenvalue weighted by atomic mass is 16.3. The second-order valence-electron chi connectivity index (χ2n) is 4.85. The topological polar surface area (TPSA) is 90.2 Å². The predicted octanol–water partition coefficient (Wildman–Crippen LogP) is 2.16. The first-order chi connectivity index (χ1) is 9.52. The molecule has 0 spiro atoms. The molecular weight excluding hydrogens is 256 g/mol. The predicted molar refractivity (Wildman–Crippen MR) is 74.7 cm³/mol. The summed E-state index contributed by atoms with van der Waals surface area (Å²) in [6, 6.07) is 1.21. The lowest BCUT2D eigenvalue weighted by molar-refractivity contribution is -0.121. The monoisotopic (exact) mass is 276 g/mol. The van der Waals surface area contributed by atoms with Crippen LogP contribution in [0.25, 0.3) is 0 Å². The van der Waals surface area contributed by atoms with Crippen LogP contribution in [0, 0.1) is 17.2 Å². The molecule has 1 rings (SSSR count). The summed E-state index contributed by atoms with van der Waals surface area (Å²) in [4.78, 5) is 22.9. The average Bonchev–Trinajstić information content (AvgIpc) is 2.69. The van der Waals surface area contributed by atoms with Crippen LogP contribution >= 0.6 is 0 Å². The first kappa shape index (κ1) is 16.0. The van der Waals surface area contributed by atoms with Gasteiger partial charge in [0.25, 0.3) is 5.91 Å². The molecule has 1 aliphatic rings. The van der Waals surface area contributed by atoms with Gasteiger partial charge in [-0.2, -0.15) is 5.26 Å². The number of aliphatic hydroxyl groups excluding tert-OH is 1. The third-order valence-electron chi connectivity index (χ3n) is 3.24. The Bertz CT molecular complexity index is 486. The first-order valence-electron chi connectivity index (χ1n) is 6.84. The lowest BCUT2D eigenvalue weighted by Crippen LogP contribution is -2.34. The summed E-state index contributed by atoms with van der Waals surface area (Å²) in [6.07, 6.45) is 7.72. The summed E-state index contributed by atoms with van der Waals surface area (Å²) in [5, 5.41) is 21.5. The van der Waals surface area contributed by atoms with E-state index >= 15 is 0 Å². The standard InChI is InChI=1S/C15H20N2O3/c1-3-4-5-6-7-8-11(9-16)13-14(19)12(10(2)18)15(20)17-13/h7-8,11,13,19H,3-6H2,1-2H3,(H,17,20). The zero-order chi connectivity index (χ0) is 15.1.